The second kappa shape index (κ2) is 4.62. The highest BCUT2D eigenvalue weighted by Gasteiger charge is 2.24. The molecular formula is C14H17NS2. The Morgan fingerprint density at radius 3 is 2.71 bits per heavy atom. The summed E-state index contributed by atoms with van der Waals surface area (Å²) in [5.41, 5.74) is 4.33. The van der Waals surface area contributed by atoms with Crippen LogP contribution in [-0.2, 0) is 12.8 Å². The largest absolute Gasteiger partial charge is 0.348 e. The van der Waals surface area contributed by atoms with Gasteiger partial charge >= 0.3 is 0 Å². The topological polar surface area (TPSA) is 12.0 Å². The summed E-state index contributed by atoms with van der Waals surface area (Å²) in [5.74, 6) is 0. The van der Waals surface area contributed by atoms with Crippen molar-refractivity contribution in [1.29, 1.82) is 0 Å². The highest BCUT2D eigenvalue weighted by atomic mass is 32.2. The van der Waals surface area contributed by atoms with Gasteiger partial charge in [-0.1, -0.05) is 19.1 Å². The lowest BCUT2D eigenvalue weighted by Crippen LogP contribution is -2.27. The van der Waals surface area contributed by atoms with Crippen LogP contribution in [0.3, 0.4) is 0 Å². The first-order chi connectivity index (χ1) is 8.28. The standard InChI is InChI=1S/C14H17NS2/c1-2-12-14(16)15-11-7-9-5-3-4-6-10(9)8-13(11)17-12/h7-8,12H,2-6H2,1H3,(H,15,16). The maximum absolute atomic E-state index is 5.43. The van der Waals surface area contributed by atoms with Crippen LogP contribution < -0.4 is 5.32 Å². The number of hydrogen-bond acceptors (Lipinski definition) is 2. The second-order valence-electron chi connectivity index (χ2n) is 4.83. The molecule has 1 nitrogen and oxygen atoms in total. The minimum Gasteiger partial charge on any atom is -0.348 e. The third kappa shape index (κ3) is 2.11. The zero-order valence-corrected chi connectivity index (χ0v) is 11.7. The molecular weight excluding hydrogens is 246 g/mol. The van der Waals surface area contributed by atoms with Gasteiger partial charge in [0.1, 0.15) is 0 Å². The van der Waals surface area contributed by atoms with Crippen molar-refractivity contribution in [1.82, 2.24) is 0 Å². The van der Waals surface area contributed by atoms with E-state index in [-0.39, 0.29) is 0 Å². The summed E-state index contributed by atoms with van der Waals surface area (Å²) in [4.78, 5) is 2.40. The molecule has 1 aliphatic heterocycles. The second-order valence-corrected chi connectivity index (χ2v) is 6.51. The number of rotatable bonds is 1. The first kappa shape index (κ1) is 11.5. The lowest BCUT2D eigenvalue weighted by molar-refractivity contribution is 0.684. The van der Waals surface area contributed by atoms with Crippen molar-refractivity contribution < 1.29 is 0 Å². The van der Waals surface area contributed by atoms with Gasteiger partial charge < -0.3 is 5.32 Å². The molecule has 1 aliphatic carbocycles. The smallest absolute Gasteiger partial charge is 0.0933 e. The van der Waals surface area contributed by atoms with Gasteiger partial charge in [-0.25, -0.2) is 0 Å². The van der Waals surface area contributed by atoms with Crippen molar-refractivity contribution in [3.63, 3.8) is 0 Å². The monoisotopic (exact) mass is 263 g/mol. The van der Waals surface area contributed by atoms with Crippen molar-refractivity contribution in [2.24, 2.45) is 0 Å². The number of aryl methyl sites for hydroxylation is 2. The van der Waals surface area contributed by atoms with E-state index in [0.29, 0.717) is 5.25 Å². The predicted molar refractivity (Wildman–Crippen MR) is 79.2 cm³/mol. The van der Waals surface area contributed by atoms with Gasteiger partial charge in [0.15, 0.2) is 0 Å². The fourth-order valence-corrected chi connectivity index (χ4v) is 4.15. The van der Waals surface area contributed by atoms with Crippen LogP contribution in [0.15, 0.2) is 17.0 Å². The van der Waals surface area contributed by atoms with Gasteiger partial charge in [-0.3, -0.25) is 0 Å². The molecule has 0 amide bonds. The van der Waals surface area contributed by atoms with E-state index in [4.69, 9.17) is 12.2 Å². The normalized spacial score (nSPS) is 22.6. The highest BCUT2D eigenvalue weighted by molar-refractivity contribution is 8.02. The Morgan fingerprint density at radius 2 is 2.00 bits per heavy atom. The first-order valence-electron chi connectivity index (χ1n) is 6.41. The average molecular weight is 263 g/mol. The van der Waals surface area contributed by atoms with Crippen molar-refractivity contribution >= 4 is 34.7 Å². The molecule has 1 heterocycles. The van der Waals surface area contributed by atoms with Gasteiger partial charge in [0, 0.05) is 4.90 Å². The van der Waals surface area contributed by atoms with Crippen LogP contribution in [0.2, 0.25) is 0 Å². The lowest BCUT2D eigenvalue weighted by atomic mass is 9.91. The Labute approximate surface area is 112 Å². The molecule has 17 heavy (non-hydrogen) atoms. The van der Waals surface area contributed by atoms with Crippen molar-refractivity contribution in [3.8, 4) is 0 Å². The van der Waals surface area contributed by atoms with Crippen molar-refractivity contribution in [2.45, 2.75) is 49.2 Å². The molecule has 1 N–H and O–H groups in total. The molecule has 0 aromatic heterocycles. The van der Waals surface area contributed by atoms with E-state index in [9.17, 15) is 0 Å². The fraction of sp³-hybridized carbons (Fsp3) is 0.500. The molecule has 3 heteroatoms. The summed E-state index contributed by atoms with van der Waals surface area (Å²) in [6.45, 7) is 2.20. The highest BCUT2D eigenvalue weighted by Crippen LogP contribution is 2.40. The fourth-order valence-electron chi connectivity index (χ4n) is 2.65. The molecule has 1 atom stereocenters. The van der Waals surface area contributed by atoms with Crippen LogP contribution in [0.4, 0.5) is 5.69 Å². The van der Waals surface area contributed by atoms with Crippen LogP contribution in [0.5, 0.6) is 0 Å². The summed E-state index contributed by atoms with van der Waals surface area (Å²) in [7, 11) is 0. The van der Waals surface area contributed by atoms with E-state index in [2.05, 4.69) is 24.4 Å². The van der Waals surface area contributed by atoms with Gasteiger partial charge in [0.25, 0.3) is 0 Å². The van der Waals surface area contributed by atoms with E-state index < -0.39 is 0 Å². The number of thiocarbonyl (C=S) groups is 1. The van der Waals surface area contributed by atoms with Gasteiger partial charge in [-0.2, -0.15) is 0 Å². The van der Waals surface area contributed by atoms with Gasteiger partial charge in [0.2, 0.25) is 0 Å². The number of fused-ring (bicyclic) bond motifs is 2. The Morgan fingerprint density at radius 1 is 1.29 bits per heavy atom. The predicted octanol–water partition coefficient (Wildman–Crippen LogP) is 4.19. The SMILES string of the molecule is CCC1Sc2cc3c(cc2NC1=S)CCCC3. The summed E-state index contributed by atoms with van der Waals surface area (Å²) < 4.78 is 0. The number of nitrogens with one attached hydrogen (secondary N) is 1. The zero-order valence-electron chi connectivity index (χ0n) is 10.1. The van der Waals surface area contributed by atoms with E-state index in [1.807, 2.05) is 11.8 Å². The molecule has 0 saturated carbocycles. The lowest BCUT2D eigenvalue weighted by Gasteiger charge is -2.28. The molecule has 0 saturated heterocycles. The Kier molecular flexibility index (Phi) is 3.14. The maximum atomic E-state index is 5.43. The summed E-state index contributed by atoms with van der Waals surface area (Å²) in [6, 6.07) is 4.72. The van der Waals surface area contributed by atoms with Crippen LogP contribution in [0.25, 0.3) is 0 Å². The number of benzene rings is 1. The molecule has 90 valence electrons. The maximum Gasteiger partial charge on any atom is 0.0933 e. The van der Waals surface area contributed by atoms with E-state index in [1.54, 1.807) is 5.56 Å². The summed E-state index contributed by atoms with van der Waals surface area (Å²) in [6.07, 6.45) is 6.27. The molecule has 0 fully saturated rings. The molecule has 1 unspecified atom stereocenters. The molecule has 1 aromatic carbocycles. The molecule has 3 rings (SSSR count). The van der Waals surface area contributed by atoms with E-state index in [0.717, 1.165) is 11.4 Å². The minimum absolute atomic E-state index is 0.458. The quantitative estimate of drug-likeness (QED) is 0.763. The van der Waals surface area contributed by atoms with Crippen molar-refractivity contribution in [2.75, 3.05) is 5.32 Å². The molecule has 0 radical (unpaired) electrons. The van der Waals surface area contributed by atoms with Gasteiger partial charge in [0.05, 0.1) is 15.9 Å². The third-order valence-corrected chi connectivity index (χ3v) is 5.62. The average Bonchev–Trinajstić information content (AvgIpc) is 2.35. The van der Waals surface area contributed by atoms with Crippen LogP contribution in [-0.4, -0.2) is 10.2 Å². The molecule has 2 aliphatic rings. The Hall–Kier alpha value is -0.540. The van der Waals surface area contributed by atoms with Crippen LogP contribution >= 0.6 is 24.0 Å². The van der Waals surface area contributed by atoms with Crippen LogP contribution in [0, 0.1) is 0 Å². The molecule has 0 spiro atoms. The summed E-state index contributed by atoms with van der Waals surface area (Å²) >= 11 is 7.36. The van der Waals surface area contributed by atoms with Crippen molar-refractivity contribution in [3.05, 3.63) is 23.3 Å². The first-order valence-corrected chi connectivity index (χ1v) is 7.70. The van der Waals surface area contributed by atoms with Gasteiger partial charge in [-0.05, 0) is 55.4 Å². The minimum atomic E-state index is 0.458. The van der Waals surface area contributed by atoms with Crippen LogP contribution in [0.1, 0.15) is 37.3 Å². The Balaban J connectivity index is 1.99. The zero-order chi connectivity index (χ0) is 11.8. The number of hydrogen-bond donors (Lipinski definition) is 1. The molecule has 1 aromatic rings. The van der Waals surface area contributed by atoms with Gasteiger partial charge in [-0.15, -0.1) is 11.8 Å². The Bertz CT molecular complexity index is 468. The third-order valence-electron chi connectivity index (χ3n) is 3.63. The van der Waals surface area contributed by atoms with E-state index >= 15 is 0 Å². The number of thioether (sulfide) groups is 1. The molecule has 0 bridgehead atoms. The number of anilines is 1. The summed E-state index contributed by atoms with van der Waals surface area (Å²) in [5, 5.41) is 3.88. The van der Waals surface area contributed by atoms with E-state index in [1.165, 1.54) is 41.8 Å².